The van der Waals surface area contributed by atoms with Crippen LogP contribution in [0.2, 0.25) is 0 Å². The molecule has 0 spiro atoms. The van der Waals surface area contributed by atoms with Crippen LogP contribution in [0.1, 0.15) is 25.5 Å². The van der Waals surface area contributed by atoms with E-state index in [-0.39, 0.29) is 18.8 Å². The lowest BCUT2D eigenvalue weighted by Crippen LogP contribution is -2.45. The predicted molar refractivity (Wildman–Crippen MR) is 107 cm³/mol. The van der Waals surface area contributed by atoms with Gasteiger partial charge >= 0.3 is 6.03 Å². The molecule has 0 bridgehead atoms. The van der Waals surface area contributed by atoms with Crippen LogP contribution in [0, 0.1) is 11.6 Å². The minimum atomic E-state index is -1.05. The summed E-state index contributed by atoms with van der Waals surface area (Å²) in [6, 6.07) is 9.41. The number of rotatable bonds is 5. The Morgan fingerprint density at radius 2 is 1.93 bits per heavy atom. The molecular weight excluding hydrogens is 380 g/mol. The molecule has 1 aliphatic rings. The first-order chi connectivity index (χ1) is 13.8. The van der Waals surface area contributed by atoms with E-state index in [1.165, 1.54) is 24.3 Å². The molecule has 0 saturated carbocycles. The smallest absolute Gasteiger partial charge is 0.319 e. The van der Waals surface area contributed by atoms with Crippen LogP contribution in [0.15, 0.2) is 42.5 Å². The molecule has 6 nitrogen and oxygen atoms in total. The van der Waals surface area contributed by atoms with Crippen molar-refractivity contribution in [1.82, 2.24) is 5.32 Å². The van der Waals surface area contributed by atoms with Crippen LogP contribution in [-0.2, 0) is 4.74 Å². The van der Waals surface area contributed by atoms with Gasteiger partial charge in [-0.15, -0.1) is 0 Å². The molecule has 0 unspecified atom stereocenters. The number of carbonyl (C=O) groups is 1. The number of aliphatic hydroxyl groups excluding tert-OH is 1. The monoisotopic (exact) mass is 405 g/mol. The number of ether oxygens (including phenoxy) is 1. The average molecular weight is 405 g/mol. The summed E-state index contributed by atoms with van der Waals surface area (Å²) >= 11 is 0. The van der Waals surface area contributed by atoms with Crippen molar-refractivity contribution in [3.8, 4) is 0 Å². The number of hydrogen-bond donors (Lipinski definition) is 3. The van der Waals surface area contributed by atoms with Crippen LogP contribution >= 0.6 is 0 Å². The Morgan fingerprint density at radius 3 is 2.59 bits per heavy atom. The summed E-state index contributed by atoms with van der Waals surface area (Å²) in [5.74, 6) is -0.908. The molecule has 1 heterocycles. The third-order valence-electron chi connectivity index (χ3n) is 4.66. The quantitative estimate of drug-likeness (QED) is 0.713. The van der Waals surface area contributed by atoms with E-state index < -0.39 is 23.8 Å². The molecule has 8 heteroatoms. The number of hydrogen-bond acceptors (Lipinski definition) is 4. The highest BCUT2D eigenvalue weighted by molar-refractivity contribution is 5.89. The fraction of sp³-hybridized carbons (Fsp3) is 0.381. The minimum Gasteiger partial charge on any atom is -0.387 e. The molecule has 156 valence electrons. The number of benzene rings is 2. The minimum absolute atomic E-state index is 0.00578. The van der Waals surface area contributed by atoms with E-state index in [0.717, 1.165) is 0 Å². The molecule has 3 atom stereocenters. The van der Waals surface area contributed by atoms with Gasteiger partial charge in [-0.05, 0) is 49.7 Å². The Labute approximate surface area is 168 Å². The molecule has 1 aliphatic heterocycles. The third kappa shape index (κ3) is 5.65. The lowest BCUT2D eigenvalue weighted by Gasteiger charge is -2.37. The first-order valence-electron chi connectivity index (χ1n) is 9.50. The van der Waals surface area contributed by atoms with Crippen LogP contribution in [0.4, 0.5) is 25.0 Å². The molecule has 2 amide bonds. The molecule has 3 rings (SSSR count). The zero-order chi connectivity index (χ0) is 21.0. The van der Waals surface area contributed by atoms with Gasteiger partial charge in [0.15, 0.2) is 0 Å². The fourth-order valence-electron chi connectivity index (χ4n) is 3.41. The molecule has 0 radical (unpaired) electrons. The molecular formula is C21H25F2N3O3. The Hall–Kier alpha value is -2.71. The molecule has 2 aromatic rings. The van der Waals surface area contributed by atoms with Gasteiger partial charge in [0.1, 0.15) is 11.6 Å². The number of nitrogens with zero attached hydrogens (tertiary/aromatic N) is 1. The number of morpholine rings is 1. The van der Waals surface area contributed by atoms with Gasteiger partial charge in [0.05, 0.1) is 24.0 Å². The van der Waals surface area contributed by atoms with Crippen molar-refractivity contribution in [2.24, 2.45) is 0 Å². The van der Waals surface area contributed by atoms with Gasteiger partial charge in [-0.2, -0.15) is 0 Å². The van der Waals surface area contributed by atoms with Crippen molar-refractivity contribution < 1.29 is 23.4 Å². The summed E-state index contributed by atoms with van der Waals surface area (Å²) in [6.45, 7) is 4.95. The first kappa shape index (κ1) is 21.0. The summed E-state index contributed by atoms with van der Waals surface area (Å²) in [7, 11) is 0. The van der Waals surface area contributed by atoms with E-state index in [0.29, 0.717) is 30.0 Å². The topological polar surface area (TPSA) is 73.8 Å². The highest BCUT2D eigenvalue weighted by atomic mass is 19.1. The molecule has 3 N–H and O–H groups in total. The maximum absolute atomic E-state index is 14.6. The van der Waals surface area contributed by atoms with E-state index in [9.17, 15) is 18.7 Å². The number of urea groups is 1. The zero-order valence-corrected chi connectivity index (χ0v) is 16.4. The van der Waals surface area contributed by atoms with Crippen LogP contribution in [0.3, 0.4) is 0 Å². The normalized spacial score (nSPS) is 20.2. The standard InChI is InChI=1S/C21H25F2N3O3/c1-13-11-26(12-14(2)29-13)19-7-6-17(9-18(19)23)25-21(28)24-10-20(27)15-4-3-5-16(22)8-15/h3-9,13-14,20,27H,10-12H2,1-2H3,(H2,24,25,28)/t13-,14+,20-/m1/s1. The predicted octanol–water partition coefficient (Wildman–Crippen LogP) is 3.43. The van der Waals surface area contributed by atoms with E-state index in [2.05, 4.69) is 10.6 Å². The summed E-state index contributed by atoms with van der Waals surface area (Å²) in [5.41, 5.74) is 1.10. The third-order valence-corrected chi connectivity index (χ3v) is 4.66. The number of amides is 2. The van der Waals surface area contributed by atoms with Crippen molar-refractivity contribution in [2.45, 2.75) is 32.2 Å². The van der Waals surface area contributed by atoms with Crippen LogP contribution in [0.25, 0.3) is 0 Å². The summed E-state index contributed by atoms with van der Waals surface area (Å²) in [5, 5.41) is 15.1. The second-order valence-electron chi connectivity index (χ2n) is 7.23. The van der Waals surface area contributed by atoms with Gasteiger partial charge < -0.3 is 25.4 Å². The summed E-state index contributed by atoms with van der Waals surface area (Å²) < 4.78 is 33.5. The first-order valence-corrected chi connectivity index (χ1v) is 9.50. The molecule has 1 saturated heterocycles. The Kier molecular flexibility index (Phi) is 6.66. The number of carbonyl (C=O) groups excluding carboxylic acids is 1. The van der Waals surface area contributed by atoms with Crippen LogP contribution in [0.5, 0.6) is 0 Å². The van der Waals surface area contributed by atoms with Crippen molar-refractivity contribution in [3.63, 3.8) is 0 Å². The van der Waals surface area contributed by atoms with E-state index in [1.807, 2.05) is 18.7 Å². The van der Waals surface area contributed by atoms with E-state index in [4.69, 9.17) is 4.74 Å². The van der Waals surface area contributed by atoms with Crippen molar-refractivity contribution in [1.29, 1.82) is 0 Å². The van der Waals surface area contributed by atoms with Crippen LogP contribution in [-0.4, -0.2) is 43.0 Å². The zero-order valence-electron chi connectivity index (χ0n) is 16.4. The van der Waals surface area contributed by atoms with Gasteiger partial charge in [0.25, 0.3) is 0 Å². The Balaban J connectivity index is 1.56. The highest BCUT2D eigenvalue weighted by Crippen LogP contribution is 2.26. The Morgan fingerprint density at radius 1 is 1.21 bits per heavy atom. The maximum Gasteiger partial charge on any atom is 0.319 e. The summed E-state index contributed by atoms with van der Waals surface area (Å²) in [6.07, 6.45) is -1.04. The van der Waals surface area contributed by atoms with Crippen molar-refractivity contribution >= 4 is 17.4 Å². The van der Waals surface area contributed by atoms with Gasteiger partial charge in [0.2, 0.25) is 0 Å². The van der Waals surface area contributed by atoms with E-state index in [1.54, 1.807) is 18.2 Å². The second kappa shape index (κ2) is 9.19. The molecule has 0 aliphatic carbocycles. The second-order valence-corrected chi connectivity index (χ2v) is 7.23. The number of aliphatic hydroxyl groups is 1. The molecule has 29 heavy (non-hydrogen) atoms. The lowest BCUT2D eigenvalue weighted by molar-refractivity contribution is -0.00539. The number of nitrogens with one attached hydrogen (secondary N) is 2. The van der Waals surface area contributed by atoms with E-state index >= 15 is 0 Å². The molecule has 2 aromatic carbocycles. The Bertz CT molecular complexity index is 855. The maximum atomic E-state index is 14.6. The molecule has 0 aromatic heterocycles. The molecule has 1 fully saturated rings. The van der Waals surface area contributed by atoms with Crippen molar-refractivity contribution in [3.05, 3.63) is 59.7 Å². The average Bonchev–Trinajstić information content (AvgIpc) is 2.65. The highest BCUT2D eigenvalue weighted by Gasteiger charge is 2.24. The SMILES string of the molecule is C[C@@H]1CN(c2ccc(NC(=O)NC[C@@H](O)c3cccc(F)c3)cc2F)C[C@H](C)O1. The number of anilines is 2. The lowest BCUT2D eigenvalue weighted by atomic mass is 10.1. The van der Waals surface area contributed by atoms with Gasteiger partial charge in [0, 0.05) is 25.3 Å². The van der Waals surface area contributed by atoms with Gasteiger partial charge in [-0.25, -0.2) is 13.6 Å². The fourth-order valence-corrected chi connectivity index (χ4v) is 3.41. The van der Waals surface area contributed by atoms with Gasteiger partial charge in [-0.1, -0.05) is 12.1 Å². The van der Waals surface area contributed by atoms with Crippen LogP contribution < -0.4 is 15.5 Å². The van der Waals surface area contributed by atoms with Gasteiger partial charge in [-0.3, -0.25) is 0 Å². The van der Waals surface area contributed by atoms with Crippen molar-refractivity contribution in [2.75, 3.05) is 29.9 Å². The summed E-state index contributed by atoms with van der Waals surface area (Å²) in [4.78, 5) is 14.0. The number of halogens is 2. The largest absolute Gasteiger partial charge is 0.387 e.